The highest BCUT2D eigenvalue weighted by molar-refractivity contribution is 7.77. The Morgan fingerprint density at radius 2 is 0.979 bits per heavy atom. The second-order valence-electron chi connectivity index (χ2n) is 12.0. The normalized spacial score (nSPS) is 13.5. The predicted octanol–water partition coefficient (Wildman–Crippen LogP) is 7.05. The van der Waals surface area contributed by atoms with E-state index in [-0.39, 0.29) is 0 Å². The van der Waals surface area contributed by atoms with Crippen molar-refractivity contribution in [1.82, 2.24) is 4.34 Å². The lowest BCUT2D eigenvalue weighted by atomic mass is 10.1. The first-order chi connectivity index (χ1) is 23.2. The molecule has 9 rings (SSSR count). The second kappa shape index (κ2) is 10.8. The lowest BCUT2D eigenvalue weighted by molar-refractivity contribution is 0.493. The van der Waals surface area contributed by atoms with Gasteiger partial charge in [-0.1, -0.05) is 140 Å². The SMILES string of the molecule is O=P(c1ccccc1)(c1ccccc1)n1c2ccccc2c2c3c(ccc21)[Si](c1ccccc1)(c1ccccc1)c1ccccc1O3. The average Bonchev–Trinajstić information content (AvgIpc) is 3.50. The van der Waals surface area contributed by atoms with Crippen LogP contribution in [0.3, 0.4) is 0 Å². The van der Waals surface area contributed by atoms with Crippen molar-refractivity contribution in [3.63, 3.8) is 0 Å². The van der Waals surface area contributed by atoms with E-state index >= 15 is 4.57 Å². The number of rotatable bonds is 5. The topological polar surface area (TPSA) is 31.2 Å². The van der Waals surface area contributed by atoms with Crippen molar-refractivity contribution >= 4 is 68.5 Å². The highest BCUT2D eigenvalue weighted by Crippen LogP contribution is 2.52. The lowest BCUT2D eigenvalue weighted by Gasteiger charge is -2.39. The maximum atomic E-state index is 16.0. The molecule has 0 spiro atoms. The van der Waals surface area contributed by atoms with Crippen LogP contribution in [-0.2, 0) is 4.57 Å². The molecule has 7 aromatic carbocycles. The summed E-state index contributed by atoms with van der Waals surface area (Å²) in [7, 11) is -6.25. The molecule has 0 saturated carbocycles. The quantitative estimate of drug-likeness (QED) is 0.149. The highest BCUT2D eigenvalue weighted by Gasteiger charge is 2.49. The number of hydrogen-bond acceptors (Lipinski definition) is 2. The fraction of sp³-hybridized carbons (Fsp3) is 0. The smallest absolute Gasteiger partial charge is 0.234 e. The fourth-order valence-electron chi connectivity index (χ4n) is 7.64. The largest absolute Gasteiger partial charge is 0.457 e. The number of aromatic nitrogens is 1. The molecule has 1 aromatic heterocycles. The molecule has 0 aliphatic carbocycles. The Balaban J connectivity index is 1.46. The van der Waals surface area contributed by atoms with E-state index in [0.29, 0.717) is 0 Å². The van der Waals surface area contributed by atoms with E-state index in [0.717, 1.165) is 43.9 Å². The highest BCUT2D eigenvalue weighted by atomic mass is 31.2. The summed E-state index contributed by atoms with van der Waals surface area (Å²) in [5, 5.41) is 8.60. The Labute approximate surface area is 274 Å². The zero-order valence-corrected chi connectivity index (χ0v) is 27.4. The Kier molecular flexibility index (Phi) is 6.43. The van der Waals surface area contributed by atoms with E-state index in [1.807, 2.05) is 66.7 Å². The van der Waals surface area contributed by atoms with Gasteiger partial charge >= 0.3 is 0 Å². The molecule has 47 heavy (non-hydrogen) atoms. The number of benzene rings is 7. The number of fused-ring (bicyclic) bond motifs is 6. The molecular weight excluding hydrogens is 610 g/mol. The molecule has 2 heterocycles. The van der Waals surface area contributed by atoms with E-state index in [9.17, 15) is 0 Å². The van der Waals surface area contributed by atoms with Crippen LogP contribution in [-0.4, -0.2) is 12.4 Å². The van der Waals surface area contributed by atoms with Crippen LogP contribution in [0, 0.1) is 0 Å². The molecular formula is C42H30NO2PSi. The molecule has 0 N–H and O–H groups in total. The lowest BCUT2D eigenvalue weighted by Crippen LogP contribution is -2.76. The van der Waals surface area contributed by atoms with Crippen LogP contribution in [0.1, 0.15) is 0 Å². The zero-order valence-electron chi connectivity index (χ0n) is 25.5. The van der Waals surface area contributed by atoms with Crippen LogP contribution < -0.4 is 36.1 Å². The zero-order chi connectivity index (χ0) is 31.4. The number of ether oxygens (including phenoxy) is 1. The predicted molar refractivity (Wildman–Crippen MR) is 198 cm³/mol. The van der Waals surface area contributed by atoms with Crippen LogP contribution >= 0.6 is 7.29 Å². The van der Waals surface area contributed by atoms with Crippen LogP contribution in [0.15, 0.2) is 182 Å². The van der Waals surface area contributed by atoms with Gasteiger partial charge in [-0.15, -0.1) is 0 Å². The van der Waals surface area contributed by atoms with Gasteiger partial charge in [0.15, 0.2) is 8.07 Å². The van der Waals surface area contributed by atoms with E-state index in [4.69, 9.17) is 4.74 Å². The Hall–Kier alpha value is -5.41. The van der Waals surface area contributed by atoms with Gasteiger partial charge in [-0.25, -0.2) is 0 Å². The van der Waals surface area contributed by atoms with Gasteiger partial charge in [0.25, 0.3) is 0 Å². The molecule has 0 atom stereocenters. The fourth-order valence-corrected chi connectivity index (χ4v) is 15.5. The first-order valence-electron chi connectivity index (χ1n) is 15.9. The van der Waals surface area contributed by atoms with E-state index in [2.05, 4.69) is 120 Å². The summed E-state index contributed by atoms with van der Waals surface area (Å²) in [5.41, 5.74) is 1.81. The average molecular weight is 640 g/mol. The molecule has 8 aromatic rings. The first-order valence-corrected chi connectivity index (χ1v) is 19.6. The van der Waals surface area contributed by atoms with Crippen LogP contribution in [0.25, 0.3) is 21.8 Å². The Morgan fingerprint density at radius 3 is 1.60 bits per heavy atom. The van der Waals surface area contributed by atoms with Crippen molar-refractivity contribution in [3.8, 4) is 11.5 Å². The summed E-state index contributed by atoms with van der Waals surface area (Å²) < 4.78 is 25.1. The summed E-state index contributed by atoms with van der Waals surface area (Å²) in [6.45, 7) is 0. The molecule has 0 bridgehead atoms. The standard InChI is InChI=1S/C42H30NO2PSi/c44-46(31-17-5-1-6-18-31,32-19-7-2-8-20-32)43-36-26-14-13-25-35(36)41-37(43)29-30-40-42(41)45-38-27-15-16-28-39(38)47(40,33-21-9-3-10-22-33)34-23-11-4-12-24-34/h1-30H. The van der Waals surface area contributed by atoms with Crippen LogP contribution in [0.2, 0.25) is 0 Å². The van der Waals surface area contributed by atoms with Crippen molar-refractivity contribution in [2.75, 3.05) is 0 Å². The third kappa shape index (κ3) is 3.96. The number of hydrogen-bond donors (Lipinski definition) is 0. The van der Waals surface area contributed by atoms with Gasteiger partial charge in [-0.2, -0.15) is 0 Å². The summed E-state index contributed by atoms with van der Waals surface area (Å²) in [5.74, 6) is 1.72. The van der Waals surface area contributed by atoms with Crippen molar-refractivity contribution in [3.05, 3.63) is 182 Å². The molecule has 0 radical (unpaired) electrons. The molecule has 0 amide bonds. The molecule has 224 valence electrons. The van der Waals surface area contributed by atoms with Gasteiger partial charge in [-0.3, -0.25) is 8.90 Å². The third-order valence-electron chi connectivity index (χ3n) is 9.58. The summed E-state index contributed by atoms with van der Waals surface area (Å²) in [6.07, 6.45) is 0. The van der Waals surface area contributed by atoms with Gasteiger partial charge in [0.2, 0.25) is 7.29 Å². The van der Waals surface area contributed by atoms with Gasteiger partial charge in [-0.05, 0) is 63.2 Å². The van der Waals surface area contributed by atoms with Crippen molar-refractivity contribution in [2.45, 2.75) is 0 Å². The molecule has 0 saturated heterocycles. The van der Waals surface area contributed by atoms with Gasteiger partial charge in [0.1, 0.15) is 11.5 Å². The minimum absolute atomic E-state index is 0.787. The maximum Gasteiger partial charge on any atom is 0.234 e. The Bertz CT molecular complexity index is 2380. The van der Waals surface area contributed by atoms with Crippen LogP contribution in [0.5, 0.6) is 11.5 Å². The number of para-hydroxylation sites is 2. The monoisotopic (exact) mass is 639 g/mol. The van der Waals surface area contributed by atoms with Gasteiger partial charge in [0.05, 0.1) is 16.4 Å². The van der Waals surface area contributed by atoms with Crippen LogP contribution in [0.4, 0.5) is 0 Å². The minimum atomic E-state index is -3.40. The van der Waals surface area contributed by atoms with Crippen molar-refractivity contribution in [2.24, 2.45) is 0 Å². The summed E-state index contributed by atoms with van der Waals surface area (Å²) in [4.78, 5) is 0. The van der Waals surface area contributed by atoms with E-state index < -0.39 is 15.4 Å². The molecule has 1 aliphatic heterocycles. The minimum Gasteiger partial charge on any atom is -0.457 e. The van der Waals surface area contributed by atoms with Crippen molar-refractivity contribution in [1.29, 1.82) is 0 Å². The molecule has 0 fully saturated rings. The molecule has 3 nitrogen and oxygen atoms in total. The van der Waals surface area contributed by atoms with Gasteiger partial charge in [0, 0.05) is 16.0 Å². The second-order valence-corrected chi connectivity index (χ2v) is 18.3. The van der Waals surface area contributed by atoms with E-state index in [1.54, 1.807) is 0 Å². The van der Waals surface area contributed by atoms with Crippen molar-refractivity contribution < 1.29 is 9.30 Å². The number of nitrogens with zero attached hydrogens (tertiary/aromatic N) is 1. The molecule has 0 unspecified atom stereocenters. The molecule has 5 heteroatoms. The van der Waals surface area contributed by atoms with Gasteiger partial charge < -0.3 is 4.74 Å². The molecule has 1 aliphatic rings. The third-order valence-corrected chi connectivity index (χ3v) is 17.4. The summed E-state index contributed by atoms with van der Waals surface area (Å²) in [6, 6.07) is 63.0. The summed E-state index contributed by atoms with van der Waals surface area (Å²) >= 11 is 0. The first kappa shape index (κ1) is 27.9. The Morgan fingerprint density at radius 1 is 0.468 bits per heavy atom. The maximum absolute atomic E-state index is 16.0. The van der Waals surface area contributed by atoms with E-state index in [1.165, 1.54) is 20.7 Å².